The van der Waals surface area contributed by atoms with Gasteiger partial charge in [-0.1, -0.05) is 249 Å². The number of amides is 3. The number of unbranched alkanes of at least 4 members (excludes halogenated alkanes) is 12. The maximum atomic E-state index is 17.1. The van der Waals surface area contributed by atoms with Gasteiger partial charge < -0.3 is 34.5 Å². The summed E-state index contributed by atoms with van der Waals surface area (Å²) in [5, 5.41) is 7.32. The number of anilines is 1. The first-order valence-electron chi connectivity index (χ1n) is 44.7. The van der Waals surface area contributed by atoms with Gasteiger partial charge in [0, 0.05) is 65.5 Å². The van der Waals surface area contributed by atoms with Gasteiger partial charge >= 0.3 is 42.2 Å². The summed E-state index contributed by atoms with van der Waals surface area (Å²) >= 11 is 0.932. The van der Waals surface area contributed by atoms with Gasteiger partial charge in [-0.15, -0.1) is 4.52 Å². The maximum absolute atomic E-state index is 17.1. The number of allylic oxidation sites excluding steroid dienone is 15. The number of carbonyl (C=O) groups is 15. The molecule has 3 unspecified atom stereocenters. The van der Waals surface area contributed by atoms with Crippen molar-refractivity contribution in [1.29, 1.82) is 0 Å². The van der Waals surface area contributed by atoms with Crippen LogP contribution in [0.15, 0.2) is 158 Å². The summed E-state index contributed by atoms with van der Waals surface area (Å²) in [4.78, 5) is 244. The number of phosphoric ester groups is 1. The van der Waals surface area contributed by atoms with Crippen LogP contribution in [0.5, 0.6) is 0 Å². The lowest BCUT2D eigenvalue weighted by molar-refractivity contribution is -0.215. The third-order valence-electron chi connectivity index (χ3n) is 19.3. The molecule has 2 aromatic heterocycles. The van der Waals surface area contributed by atoms with Crippen molar-refractivity contribution in [2.24, 2.45) is 11.3 Å². The first-order chi connectivity index (χ1) is 62.8. The smallest absolute Gasteiger partial charge is 0.438 e. The lowest BCUT2D eigenvalue weighted by atomic mass is 9.57. The fourth-order valence-corrected chi connectivity index (χ4v) is 16.4. The van der Waals surface area contributed by atoms with E-state index in [-0.39, 0.29) is 107 Å². The van der Waals surface area contributed by atoms with E-state index in [1.165, 1.54) is 66.8 Å². The quantitative estimate of drug-likeness (QED) is 0.0182. The van der Waals surface area contributed by atoms with E-state index in [0.717, 1.165) is 105 Å². The largest absolute Gasteiger partial charge is 0.749 e. The summed E-state index contributed by atoms with van der Waals surface area (Å²) in [6.07, 6.45) is 30.9. The number of fused-ring (bicyclic) bond motifs is 1. The number of ketones is 8. The second kappa shape index (κ2) is 61.6. The molecule has 131 heavy (non-hydrogen) atoms. The van der Waals surface area contributed by atoms with Crippen LogP contribution in [-0.2, 0) is 128 Å². The van der Waals surface area contributed by atoms with Crippen molar-refractivity contribution in [1.82, 2.24) is 30.2 Å². The zero-order valence-corrected chi connectivity index (χ0v) is 80.8. The number of esters is 1. The van der Waals surface area contributed by atoms with Crippen molar-refractivity contribution in [2.45, 2.75) is 273 Å². The Morgan fingerprint density at radius 3 is 1.36 bits per heavy atom. The van der Waals surface area contributed by atoms with Crippen LogP contribution in [0.3, 0.4) is 0 Å². The molecule has 33 nitrogen and oxygen atoms in total. The van der Waals surface area contributed by atoms with E-state index in [1.54, 1.807) is 82.2 Å². The summed E-state index contributed by atoms with van der Waals surface area (Å²) < 4.78 is 98.2. The normalized spacial score (nSPS) is 18.1. The number of phosphoric acid groups is 1. The maximum Gasteiger partial charge on any atom is 0.749 e. The average Bonchev–Trinajstić information content (AvgIpc) is 1.49. The molecule has 1 aliphatic heterocycles. The number of hydrogen-bond donors (Lipinski definition) is 3. The number of hydrogen-bond acceptors (Lipinski definition) is 30. The average molecular weight is 1900 g/mol. The van der Waals surface area contributed by atoms with Gasteiger partial charge in [-0.05, 0) is 132 Å². The van der Waals surface area contributed by atoms with Crippen molar-refractivity contribution in [3.63, 3.8) is 0 Å². The van der Waals surface area contributed by atoms with E-state index in [0.29, 0.717) is 81.3 Å². The topological polar surface area (TPSA) is 461 Å². The van der Waals surface area contributed by atoms with Crippen LogP contribution >= 0.6 is 36.1 Å². The van der Waals surface area contributed by atoms with Gasteiger partial charge in [0.1, 0.15) is 19.3 Å². The van der Waals surface area contributed by atoms with E-state index >= 15 is 61.6 Å². The van der Waals surface area contributed by atoms with Crippen LogP contribution in [0, 0.1) is 23.9 Å². The Morgan fingerprint density at radius 1 is 0.496 bits per heavy atom. The van der Waals surface area contributed by atoms with Crippen molar-refractivity contribution in [3.8, 4) is 0 Å². The highest BCUT2D eigenvalue weighted by Gasteiger charge is 2.88. The van der Waals surface area contributed by atoms with Crippen LogP contribution in [0.2, 0.25) is 0 Å². The molecule has 0 spiro atoms. The number of ether oxygens (including phenoxy) is 2. The number of carbonyl (C=O) groups excluding carboxylic acids is 15. The minimum Gasteiger partial charge on any atom is -0.438 e. The van der Waals surface area contributed by atoms with Gasteiger partial charge in [0.25, 0.3) is 16.9 Å². The predicted octanol–water partition coefficient (Wildman–Crippen LogP) is 17.9. The van der Waals surface area contributed by atoms with E-state index < -0.39 is 177 Å². The number of imidazole rings is 1. The second-order valence-corrected chi connectivity index (χ2v) is 34.4. The van der Waals surface area contributed by atoms with E-state index in [4.69, 9.17) is 36.4 Å². The van der Waals surface area contributed by atoms with Crippen LogP contribution in [0.1, 0.15) is 251 Å². The summed E-state index contributed by atoms with van der Waals surface area (Å²) in [7, 11) is -15.9. The minimum absolute atomic E-state index is 0.0156. The van der Waals surface area contributed by atoms with Gasteiger partial charge in [-0.2, -0.15) is 0 Å². The molecule has 3 amide bonds. The highest BCUT2D eigenvalue weighted by molar-refractivity contribution is 8.14. The Labute approximate surface area is 774 Å². The van der Waals surface area contributed by atoms with Gasteiger partial charge in [-0.3, -0.25) is 62.1 Å². The molecule has 0 bridgehead atoms. The van der Waals surface area contributed by atoms with E-state index in [9.17, 15) is 24.0 Å². The molecule has 1 aliphatic rings. The molecule has 6 atom stereocenters. The number of thioether (sulfide) groups is 1. The fraction of sp³-hybridized carbons (Fsp3) is 0.511. The number of rotatable bonds is 68. The summed E-state index contributed by atoms with van der Waals surface area (Å²) in [5.41, 5.74) is -20.8. The Morgan fingerprint density at radius 2 is 0.908 bits per heavy atom. The Balaban J connectivity index is 3.00. The van der Waals surface area contributed by atoms with E-state index in [1.807, 2.05) is 6.92 Å². The van der Waals surface area contributed by atoms with Crippen LogP contribution in [0.25, 0.3) is 11.2 Å². The molecule has 3 N–H and O–H groups in total. The number of nitrogens with one attached hydrogen (secondary N) is 3. The summed E-state index contributed by atoms with van der Waals surface area (Å²) in [6, 6.07) is 0. The molecule has 2 radical (unpaired) electrons. The molecule has 1 fully saturated rings. The molecule has 37 heteroatoms. The van der Waals surface area contributed by atoms with Crippen LogP contribution in [-0.4, -0.2) is 149 Å². The fourth-order valence-electron chi connectivity index (χ4n) is 13.0. The minimum atomic E-state index is -6.61. The van der Waals surface area contributed by atoms with Crippen molar-refractivity contribution in [2.75, 3.05) is 30.8 Å². The third kappa shape index (κ3) is 33.2. The molecule has 1 saturated heterocycles. The molecule has 3 rings (SSSR count). The Hall–Kier alpha value is -10.1. The van der Waals surface area contributed by atoms with Crippen LogP contribution < -0.4 is 16.0 Å². The zero-order valence-electron chi connectivity index (χ0n) is 77.3. The highest BCUT2D eigenvalue weighted by atomic mass is 32.2. The standard InChI is InChI=1S/C94H126N7O26P3S/c1-14-26-38-50-72(103)90(73(104)51-39-27-15-2,74(105)52-40-28-16-3)71(66-82(112)95-63-62-81(111)96-64-65-131-86(116)61-49-37-25-12)91(75(106)53-41-29-17-4,76(107)54-42-30-18-5)125-129(118)127-128(117)120-67-80-92(77(108)55-43-31-19-6,126-130(119,123-84(114)59-47-35-23-10)124-85(115)60-48-36-24-11)93(78(109)56-44-32-20-7,122-83(113)58-46-34-22-9)94(121-80,79(110)57-45-33-21-8)101-69-99-87-88(100-70(13)102)97-68-98-89(87)101/h38-61,66,68-69,71H,14-37,62-65,67H2,1-13H3,(H-2,95,96,97,98,100,102,111,112)/p+2/t71?,90?,91?,92-,93-,94-,130?/m1/s1. The second-order valence-electron chi connectivity index (χ2n) is 29.8. The van der Waals surface area contributed by atoms with Gasteiger partial charge in [0.05, 0.1) is 6.42 Å². The Bertz CT molecular complexity index is 4590. The third-order valence-corrected chi connectivity index (χ3v) is 23.2. The van der Waals surface area contributed by atoms with Crippen LogP contribution in [0.4, 0.5) is 5.82 Å². The van der Waals surface area contributed by atoms with Crippen molar-refractivity contribution < 1.29 is 122 Å². The van der Waals surface area contributed by atoms with Crippen molar-refractivity contribution in [3.05, 3.63) is 171 Å². The molecule has 2 aromatic rings. The number of aromatic nitrogens is 4. The summed E-state index contributed by atoms with van der Waals surface area (Å²) in [6.45, 7) is 19.4. The monoisotopic (exact) mass is 1900 g/mol. The molecule has 0 aromatic carbocycles. The predicted molar refractivity (Wildman–Crippen MR) is 497 cm³/mol. The first kappa shape index (κ1) is 115. The molecular weight excluding hydrogens is 1770 g/mol. The van der Waals surface area contributed by atoms with Gasteiger partial charge in [0.15, 0.2) is 55.9 Å². The lowest BCUT2D eigenvalue weighted by Crippen LogP contribution is -2.74. The molecular formula is C94H128N7O26P3S+2. The molecule has 0 aliphatic carbocycles. The summed E-state index contributed by atoms with van der Waals surface area (Å²) in [5.74, 6) is -23.7. The van der Waals surface area contributed by atoms with Gasteiger partial charge in [-0.25, -0.2) is 38.4 Å². The number of nitrogens with zero attached hydrogens (tertiary/aromatic N) is 4. The SMILES string of the molecule is CCCC=CC(=O)O[C@]1(C(=O)C=CCCC)[C@@](OP(=O)(OC(=O)C=CCCC)OC(=O)C=CCCC)(C(=O)C=CCCC)[C](CO[P+](=O)O[P+](=O)OC(C(=O)C=CCCC)(C(=O)C=CCCC)C([CH]C(=O)NCCC(=O)NCCSC(=O)C=CCCC)C(C(=O)C=CCCC)(C(=O)C=CCCC)C(=O)C=CCCC)O[C@@]1(C(=O)C=CCCC)n1cnc2c(NC(C)=O)ncnc21. The van der Waals surface area contributed by atoms with Crippen molar-refractivity contribution >= 4 is 140 Å². The highest BCUT2D eigenvalue weighted by Crippen LogP contribution is 2.67. The van der Waals surface area contributed by atoms with Gasteiger partial charge in [0.2, 0.25) is 51.6 Å². The first-order valence-corrected chi connectivity index (χ1v) is 49.3. The Kier molecular flexibility index (Phi) is 54.1. The van der Waals surface area contributed by atoms with E-state index in [2.05, 4.69) is 30.9 Å². The molecule has 0 saturated carbocycles. The molecule has 3 heterocycles. The molecule has 714 valence electrons. The zero-order chi connectivity index (χ0) is 97.5. The lowest BCUT2D eigenvalue weighted by Gasteiger charge is -2.46.